The molecule has 13 N–H and O–H groups in total. The number of likely N-dealkylation sites (tertiary alicyclic amines) is 3. The molecule has 5 heterocycles. The van der Waals surface area contributed by atoms with Gasteiger partial charge in [0.15, 0.2) is 0 Å². The van der Waals surface area contributed by atoms with E-state index in [0.29, 0.717) is 57.3 Å². The molecule has 16 amide bonds. The molecular formula is C81H140N18O16. The number of piperidine rings is 3. The fourth-order valence-corrected chi connectivity index (χ4v) is 15.3. The van der Waals surface area contributed by atoms with Gasteiger partial charge in [-0.1, -0.05) is 41.5 Å². The molecule has 5 aliphatic heterocycles. The number of nitrogens with one attached hydrogen (secondary N) is 13. The van der Waals surface area contributed by atoms with E-state index in [0.717, 1.165) is 58.2 Å². The molecule has 8 atom stereocenters. The standard InChI is InChI=1S/C81H140N18O16/c1-48(2)43-53(47-96-39-30-38-95-37-29-34-61(95)96)85-69(110)76(11,12)89-64(105)55(45-50(5)6)86-62(103)51(7)84-68(109)75(9,10)90-66(107)57-32-25-28-42-99(57)74(115)81(21,22)94-71(112)78(15,16)88-60(102)46-83-59(101)35-36-82-63(104)54(44-49(3)4)87-70(111)77(13,14)93-72(113)79(17,18)91-67(108)58-33-24-27-41-98(58)73(114)80(19,20)92-65(106)56-31-23-26-40-97(56)52(8)100/h48-51,53-58,61H,23-47H2,1-22H3,(H,82,104)(H,83,101)(H,84,109)(H,85,110)(H,86,103)(H,87,111)(H,88,102)(H,89,105)(H,90,107)(H,91,108)(H,92,106)(H,93,113)(H,94,112)/t51-,53?,54+,55-,56?,57?,58?,61?/m1/s1. The van der Waals surface area contributed by atoms with Gasteiger partial charge >= 0.3 is 0 Å². The van der Waals surface area contributed by atoms with Gasteiger partial charge < -0.3 is 83.8 Å². The van der Waals surface area contributed by atoms with Crippen molar-refractivity contribution in [1.82, 2.24) is 93.6 Å². The summed E-state index contributed by atoms with van der Waals surface area (Å²) in [5.74, 6) is -9.80. The van der Waals surface area contributed by atoms with Crippen molar-refractivity contribution >= 4 is 94.5 Å². The first-order chi connectivity index (χ1) is 53.1. The van der Waals surface area contributed by atoms with Crippen molar-refractivity contribution in [3.05, 3.63) is 0 Å². The van der Waals surface area contributed by atoms with E-state index in [9.17, 15) is 76.7 Å². The zero-order valence-corrected chi connectivity index (χ0v) is 72.8. The summed E-state index contributed by atoms with van der Waals surface area (Å²) in [7, 11) is 0. The molecule has 34 heteroatoms. The lowest BCUT2D eigenvalue weighted by atomic mass is 9.93. The molecule has 0 aromatic rings. The van der Waals surface area contributed by atoms with Crippen LogP contribution in [-0.4, -0.2) is 265 Å². The Balaban J connectivity index is 1.07. The predicted octanol–water partition coefficient (Wildman–Crippen LogP) is 1.26. The molecule has 0 aliphatic carbocycles. The van der Waals surface area contributed by atoms with Gasteiger partial charge in [0.1, 0.15) is 75.0 Å². The van der Waals surface area contributed by atoms with Gasteiger partial charge in [-0.25, -0.2) is 0 Å². The van der Waals surface area contributed by atoms with E-state index < -0.39 is 164 Å². The van der Waals surface area contributed by atoms with Gasteiger partial charge in [0.05, 0.1) is 12.7 Å². The molecule has 0 aromatic carbocycles. The first kappa shape index (κ1) is 97.0. The monoisotopic (exact) mass is 1620 g/mol. The largest absolute Gasteiger partial charge is 0.354 e. The molecule has 0 saturated carbocycles. The molecule has 5 unspecified atom stereocenters. The average Bonchev–Trinajstić information content (AvgIpc) is 1.36. The van der Waals surface area contributed by atoms with Crippen LogP contribution in [0.3, 0.4) is 0 Å². The summed E-state index contributed by atoms with van der Waals surface area (Å²) in [5.41, 5.74) is -11.1. The predicted molar refractivity (Wildman–Crippen MR) is 432 cm³/mol. The van der Waals surface area contributed by atoms with Crippen LogP contribution in [0.25, 0.3) is 0 Å². The third-order valence-corrected chi connectivity index (χ3v) is 22.0. The van der Waals surface area contributed by atoms with Gasteiger partial charge in [-0.2, -0.15) is 0 Å². The number of rotatable bonds is 37. The van der Waals surface area contributed by atoms with E-state index >= 15 is 0 Å². The van der Waals surface area contributed by atoms with Crippen LogP contribution >= 0.6 is 0 Å². The molecular weight excluding hydrogens is 1480 g/mol. The van der Waals surface area contributed by atoms with E-state index in [4.69, 9.17) is 0 Å². The lowest BCUT2D eigenvalue weighted by Crippen LogP contribution is -2.67. The van der Waals surface area contributed by atoms with Crippen LogP contribution in [0.15, 0.2) is 0 Å². The van der Waals surface area contributed by atoms with Gasteiger partial charge in [0, 0.05) is 65.2 Å². The highest BCUT2D eigenvalue weighted by molar-refractivity contribution is 6.03. The number of carbonyl (C=O) groups excluding carboxylic acids is 16. The number of nitrogens with zero attached hydrogens (tertiary/aromatic N) is 5. The zero-order valence-electron chi connectivity index (χ0n) is 72.8. The molecule has 5 saturated heterocycles. The summed E-state index contributed by atoms with van der Waals surface area (Å²) in [6.45, 7) is 38.8. The summed E-state index contributed by atoms with van der Waals surface area (Å²) < 4.78 is 0. The van der Waals surface area contributed by atoms with Crippen LogP contribution in [0.2, 0.25) is 0 Å². The Labute approximate surface area is 680 Å². The number of hydrogen-bond donors (Lipinski definition) is 13. The van der Waals surface area contributed by atoms with E-state index in [-0.39, 0.29) is 81.4 Å². The van der Waals surface area contributed by atoms with Crippen molar-refractivity contribution in [3.8, 4) is 0 Å². The number of fused-ring (bicyclic) bond motifs is 1. The highest BCUT2D eigenvalue weighted by Crippen LogP contribution is 2.29. The average molecular weight is 1620 g/mol. The van der Waals surface area contributed by atoms with Gasteiger partial charge in [-0.15, -0.1) is 0 Å². The van der Waals surface area contributed by atoms with Crippen molar-refractivity contribution in [1.29, 1.82) is 0 Å². The highest BCUT2D eigenvalue weighted by Gasteiger charge is 2.48. The van der Waals surface area contributed by atoms with Crippen LogP contribution in [0.5, 0.6) is 0 Å². The second-order valence-electron chi connectivity index (χ2n) is 37.2. The molecule has 0 bridgehead atoms. The second-order valence-corrected chi connectivity index (χ2v) is 37.2. The molecule has 0 radical (unpaired) electrons. The summed E-state index contributed by atoms with van der Waals surface area (Å²) in [5, 5.41) is 35.6. The quantitative estimate of drug-likeness (QED) is 0.0416. The van der Waals surface area contributed by atoms with Crippen molar-refractivity contribution in [3.63, 3.8) is 0 Å². The maximum Gasteiger partial charge on any atom is 0.248 e. The SMILES string of the molecule is CC(=O)N1CCCCC1C(=O)NC(C)(C)C(=O)N1CCCCC1C(=O)NC(C)(C)C(=O)NC(C)(C)C(=O)N[C@@H](CC(C)C)C(=O)NCCC(=O)NCC(=O)NC(C)(C)C(=O)NC(C)(C)C(=O)N1CCCCC1C(=O)NC(C)(C)C(=O)N[C@H](C)C(=O)N[C@H](CC(C)C)C(=O)NC(C)(C)C(=O)NC(CC(C)C)CN1CCCN2CCCC21. The maximum atomic E-state index is 14.5. The van der Waals surface area contributed by atoms with Crippen LogP contribution < -0.4 is 69.1 Å². The molecule has 115 heavy (non-hydrogen) atoms. The first-order valence-corrected chi connectivity index (χ1v) is 41.5. The Morgan fingerprint density at radius 3 is 1.27 bits per heavy atom. The molecule has 34 nitrogen and oxygen atoms in total. The van der Waals surface area contributed by atoms with E-state index in [1.54, 1.807) is 27.7 Å². The van der Waals surface area contributed by atoms with Crippen LogP contribution in [-0.2, 0) is 76.7 Å². The Bertz CT molecular complexity index is 3530. The number of amides is 16. The van der Waals surface area contributed by atoms with Crippen LogP contribution in [0.1, 0.15) is 255 Å². The summed E-state index contributed by atoms with van der Waals surface area (Å²) in [4.78, 5) is 230. The zero-order chi connectivity index (χ0) is 86.8. The van der Waals surface area contributed by atoms with E-state index in [1.807, 2.05) is 27.7 Å². The Kier molecular flexibility index (Phi) is 34.6. The van der Waals surface area contributed by atoms with Gasteiger partial charge in [-0.05, 0) is 224 Å². The normalized spacial score (nSPS) is 19.9. The van der Waals surface area contributed by atoms with E-state index in [1.165, 1.54) is 97.8 Å². The third kappa shape index (κ3) is 28.1. The van der Waals surface area contributed by atoms with Crippen molar-refractivity contribution in [2.24, 2.45) is 17.8 Å². The molecule has 0 spiro atoms. The minimum Gasteiger partial charge on any atom is -0.354 e. The number of carbonyl (C=O) groups is 16. The Hall–Kier alpha value is -8.56. The minimum absolute atomic E-state index is 0.0666. The molecule has 5 aliphatic rings. The first-order valence-electron chi connectivity index (χ1n) is 41.5. The van der Waals surface area contributed by atoms with Gasteiger partial charge in [-0.3, -0.25) is 86.5 Å². The summed E-state index contributed by atoms with van der Waals surface area (Å²) in [6.07, 6.45) is 9.14. The fourth-order valence-electron chi connectivity index (χ4n) is 15.3. The molecule has 650 valence electrons. The smallest absolute Gasteiger partial charge is 0.248 e. The maximum absolute atomic E-state index is 14.5. The van der Waals surface area contributed by atoms with Crippen LogP contribution in [0.4, 0.5) is 0 Å². The summed E-state index contributed by atoms with van der Waals surface area (Å²) in [6, 6.07) is -6.40. The van der Waals surface area contributed by atoms with Gasteiger partial charge in [0.2, 0.25) is 94.5 Å². The second kappa shape index (κ2) is 41.0. The van der Waals surface area contributed by atoms with Crippen LogP contribution in [0, 0.1) is 17.8 Å². The third-order valence-electron chi connectivity index (χ3n) is 22.0. The fraction of sp³-hybridized carbons (Fsp3) is 0.802. The lowest BCUT2D eigenvalue weighted by molar-refractivity contribution is -0.150. The van der Waals surface area contributed by atoms with Crippen molar-refractivity contribution in [2.45, 2.75) is 342 Å². The minimum atomic E-state index is -1.67. The van der Waals surface area contributed by atoms with E-state index in [2.05, 4.69) is 92.8 Å². The topological polar surface area (TPSA) is 446 Å². The van der Waals surface area contributed by atoms with Gasteiger partial charge in [0.25, 0.3) is 0 Å². The Morgan fingerprint density at radius 1 is 0.357 bits per heavy atom. The van der Waals surface area contributed by atoms with Crippen molar-refractivity contribution in [2.75, 3.05) is 58.9 Å². The number of hydrogen-bond acceptors (Lipinski definition) is 18. The lowest BCUT2D eigenvalue weighted by Gasteiger charge is -2.42. The van der Waals surface area contributed by atoms with Crippen molar-refractivity contribution < 1.29 is 76.7 Å². The Morgan fingerprint density at radius 2 is 0.765 bits per heavy atom. The summed E-state index contributed by atoms with van der Waals surface area (Å²) >= 11 is 0. The molecule has 5 fully saturated rings. The molecule has 0 aromatic heterocycles. The molecule has 5 rings (SSSR count). The highest BCUT2D eigenvalue weighted by atomic mass is 16.2.